The predicted molar refractivity (Wildman–Crippen MR) is 80.6 cm³/mol. The number of rotatable bonds is 5. The maximum Gasteiger partial charge on any atom is 0.311 e. The fourth-order valence-corrected chi connectivity index (χ4v) is 3.42. The summed E-state index contributed by atoms with van der Waals surface area (Å²) in [7, 11) is 0. The van der Waals surface area contributed by atoms with Crippen molar-refractivity contribution in [2.24, 2.45) is 0 Å². The molecule has 0 amide bonds. The van der Waals surface area contributed by atoms with Crippen LogP contribution in [0.5, 0.6) is 5.75 Å². The lowest BCUT2D eigenvalue weighted by Gasteiger charge is -2.35. The molecule has 21 heavy (non-hydrogen) atoms. The van der Waals surface area contributed by atoms with Gasteiger partial charge in [0.05, 0.1) is 5.92 Å². The van der Waals surface area contributed by atoms with Crippen LogP contribution in [0.15, 0.2) is 18.2 Å². The highest BCUT2D eigenvalue weighted by Gasteiger charge is 2.32. The molecule has 0 spiro atoms. The van der Waals surface area contributed by atoms with Gasteiger partial charge in [0.15, 0.2) is 0 Å². The van der Waals surface area contributed by atoms with Crippen molar-refractivity contribution < 1.29 is 20.1 Å². The second-order valence-electron chi connectivity index (χ2n) is 6.30. The third-order valence-corrected chi connectivity index (χ3v) is 4.75. The molecule has 2 rings (SSSR count). The molecule has 1 fully saturated rings. The molecule has 0 aliphatic heterocycles. The number of hydrogen-bond acceptors (Lipinski definition) is 3. The van der Waals surface area contributed by atoms with Crippen molar-refractivity contribution in [2.45, 2.75) is 56.8 Å². The van der Waals surface area contributed by atoms with Gasteiger partial charge in [-0.15, -0.1) is 0 Å². The number of phenols is 1. The van der Waals surface area contributed by atoms with Gasteiger partial charge < -0.3 is 15.3 Å². The number of carboxylic acids is 1. The Morgan fingerprint density at radius 2 is 1.95 bits per heavy atom. The summed E-state index contributed by atoms with van der Waals surface area (Å²) in [4.78, 5) is 11.4. The van der Waals surface area contributed by atoms with Crippen molar-refractivity contribution in [2.75, 3.05) is 6.61 Å². The van der Waals surface area contributed by atoms with E-state index in [-0.39, 0.29) is 24.2 Å². The van der Waals surface area contributed by atoms with Crippen LogP contribution in [0.3, 0.4) is 0 Å². The van der Waals surface area contributed by atoms with Crippen molar-refractivity contribution in [1.82, 2.24) is 0 Å². The summed E-state index contributed by atoms with van der Waals surface area (Å²) in [6.07, 6.45) is 5.72. The second-order valence-corrected chi connectivity index (χ2v) is 6.30. The third-order valence-electron chi connectivity index (χ3n) is 4.75. The lowest BCUT2D eigenvalue weighted by atomic mass is 9.70. The molecule has 4 heteroatoms. The van der Waals surface area contributed by atoms with Crippen LogP contribution in [0.2, 0.25) is 0 Å². The Hall–Kier alpha value is -1.55. The van der Waals surface area contributed by atoms with Crippen LogP contribution in [0, 0.1) is 0 Å². The van der Waals surface area contributed by atoms with Gasteiger partial charge in [-0.2, -0.15) is 0 Å². The summed E-state index contributed by atoms with van der Waals surface area (Å²) in [5.74, 6) is -1.41. The van der Waals surface area contributed by atoms with Gasteiger partial charge in [-0.05, 0) is 36.3 Å². The predicted octanol–water partition coefficient (Wildman–Crippen LogP) is 3.16. The van der Waals surface area contributed by atoms with Gasteiger partial charge >= 0.3 is 5.97 Å². The minimum Gasteiger partial charge on any atom is -0.508 e. The summed E-state index contributed by atoms with van der Waals surface area (Å²) in [5, 5.41) is 28.6. The van der Waals surface area contributed by atoms with E-state index in [9.17, 15) is 15.0 Å². The van der Waals surface area contributed by atoms with Crippen LogP contribution in [0.4, 0.5) is 0 Å². The van der Waals surface area contributed by atoms with Crippen LogP contribution >= 0.6 is 0 Å². The van der Waals surface area contributed by atoms with Gasteiger partial charge in [0.1, 0.15) is 5.75 Å². The lowest BCUT2D eigenvalue weighted by molar-refractivity contribution is -0.139. The van der Waals surface area contributed by atoms with Crippen molar-refractivity contribution in [3.05, 3.63) is 29.3 Å². The third kappa shape index (κ3) is 3.38. The van der Waals surface area contributed by atoms with Crippen LogP contribution in [-0.2, 0) is 10.2 Å². The minimum atomic E-state index is -0.936. The molecule has 0 radical (unpaired) electrons. The molecule has 0 aromatic heterocycles. The highest BCUT2D eigenvalue weighted by atomic mass is 16.4. The monoisotopic (exact) mass is 292 g/mol. The standard InChI is InChI=1S/C17H24O4/c1-17(8-3-2-4-9-17)14-11-12(5-6-15(14)19)13(7-10-18)16(20)21/h5-6,11,13,18-19H,2-4,7-10H2,1H3,(H,20,21). The number of aliphatic hydroxyl groups is 1. The topological polar surface area (TPSA) is 77.8 Å². The van der Waals surface area contributed by atoms with Crippen molar-refractivity contribution in [1.29, 1.82) is 0 Å². The number of benzene rings is 1. The van der Waals surface area contributed by atoms with Crippen molar-refractivity contribution >= 4 is 5.97 Å². The summed E-state index contributed by atoms with van der Waals surface area (Å²) in [6, 6.07) is 5.08. The van der Waals surface area contributed by atoms with E-state index < -0.39 is 11.9 Å². The molecular weight excluding hydrogens is 268 g/mol. The fourth-order valence-electron chi connectivity index (χ4n) is 3.42. The average Bonchev–Trinajstić information content (AvgIpc) is 2.46. The first-order valence-corrected chi connectivity index (χ1v) is 7.65. The van der Waals surface area contributed by atoms with E-state index in [0.717, 1.165) is 31.2 Å². The number of hydrogen-bond donors (Lipinski definition) is 3. The second kappa shape index (κ2) is 6.48. The fraction of sp³-hybridized carbons (Fsp3) is 0.588. The van der Waals surface area contributed by atoms with Gasteiger partial charge in [0, 0.05) is 12.2 Å². The Balaban J connectivity index is 2.38. The summed E-state index contributed by atoms with van der Waals surface area (Å²) >= 11 is 0. The van der Waals surface area contributed by atoms with E-state index in [2.05, 4.69) is 6.92 Å². The first-order valence-electron chi connectivity index (χ1n) is 7.65. The van der Waals surface area contributed by atoms with Crippen molar-refractivity contribution in [3.63, 3.8) is 0 Å². The average molecular weight is 292 g/mol. The zero-order valence-electron chi connectivity index (χ0n) is 12.5. The van der Waals surface area contributed by atoms with Crippen LogP contribution < -0.4 is 0 Å². The molecule has 0 heterocycles. The maximum atomic E-state index is 11.4. The molecule has 1 aromatic carbocycles. The quantitative estimate of drug-likeness (QED) is 0.779. The summed E-state index contributed by atoms with van der Waals surface area (Å²) in [5.41, 5.74) is 1.43. The number of aliphatic carboxylic acids is 1. The van der Waals surface area contributed by atoms with Crippen LogP contribution in [0.1, 0.15) is 62.5 Å². The Bertz CT molecular complexity index is 504. The maximum absolute atomic E-state index is 11.4. The Kier molecular flexibility index (Phi) is 4.88. The smallest absolute Gasteiger partial charge is 0.311 e. The minimum absolute atomic E-state index is 0.0827. The molecule has 1 unspecified atom stereocenters. The molecular formula is C17H24O4. The van der Waals surface area contributed by atoms with Crippen LogP contribution in [0.25, 0.3) is 0 Å². The van der Waals surface area contributed by atoms with Crippen molar-refractivity contribution in [3.8, 4) is 5.75 Å². The number of aromatic hydroxyl groups is 1. The van der Waals surface area contributed by atoms with E-state index >= 15 is 0 Å². The van der Waals surface area contributed by atoms with E-state index in [1.54, 1.807) is 12.1 Å². The number of aliphatic hydroxyl groups excluding tert-OH is 1. The number of carboxylic acid groups (broad SMARTS) is 1. The lowest BCUT2D eigenvalue weighted by Crippen LogP contribution is -2.25. The van der Waals surface area contributed by atoms with Gasteiger partial charge in [-0.1, -0.05) is 38.3 Å². The normalized spacial score (nSPS) is 19.1. The van der Waals surface area contributed by atoms with Gasteiger partial charge in [0.2, 0.25) is 0 Å². The molecule has 1 atom stereocenters. The van der Waals surface area contributed by atoms with Gasteiger partial charge in [-0.3, -0.25) is 4.79 Å². The first-order chi connectivity index (χ1) is 9.98. The number of phenolic OH excluding ortho intramolecular Hbond substituents is 1. The highest BCUT2D eigenvalue weighted by Crippen LogP contribution is 2.43. The Morgan fingerprint density at radius 3 is 2.52 bits per heavy atom. The zero-order valence-corrected chi connectivity index (χ0v) is 12.5. The molecule has 3 N–H and O–H groups in total. The molecule has 1 aliphatic rings. The molecule has 1 aliphatic carbocycles. The molecule has 4 nitrogen and oxygen atoms in total. The molecule has 1 saturated carbocycles. The number of carbonyl (C=O) groups is 1. The molecule has 0 saturated heterocycles. The zero-order chi connectivity index (χ0) is 15.5. The largest absolute Gasteiger partial charge is 0.508 e. The van der Waals surface area contributed by atoms with E-state index in [0.29, 0.717) is 5.56 Å². The van der Waals surface area contributed by atoms with E-state index in [4.69, 9.17) is 5.11 Å². The molecule has 116 valence electrons. The highest BCUT2D eigenvalue weighted by molar-refractivity contribution is 5.76. The molecule has 1 aromatic rings. The van der Waals surface area contributed by atoms with E-state index in [1.165, 1.54) is 6.42 Å². The van der Waals surface area contributed by atoms with Gasteiger partial charge in [0.25, 0.3) is 0 Å². The Labute approximate surface area is 125 Å². The summed E-state index contributed by atoms with van der Waals surface area (Å²) < 4.78 is 0. The van der Waals surface area contributed by atoms with Gasteiger partial charge in [-0.25, -0.2) is 0 Å². The Morgan fingerprint density at radius 1 is 1.29 bits per heavy atom. The van der Waals surface area contributed by atoms with Crippen LogP contribution in [-0.4, -0.2) is 27.9 Å². The summed E-state index contributed by atoms with van der Waals surface area (Å²) in [6.45, 7) is 1.98. The SMILES string of the molecule is CC1(c2cc(C(CCO)C(=O)O)ccc2O)CCCCC1. The molecule has 0 bridgehead atoms. The van der Waals surface area contributed by atoms with E-state index in [1.807, 2.05) is 6.07 Å². The first kappa shape index (κ1) is 15.8.